The molecule has 1 N–H and O–H groups in total. The first kappa shape index (κ1) is 23.1. The number of allylic oxidation sites excluding steroid dienone is 2. The Bertz CT molecular complexity index is 1080. The molecule has 2 aromatic carbocycles. The van der Waals surface area contributed by atoms with Gasteiger partial charge in [-0.25, -0.2) is 14.4 Å². The van der Waals surface area contributed by atoms with E-state index in [1.165, 1.54) is 14.2 Å². The first-order chi connectivity index (χ1) is 15.3. The van der Waals surface area contributed by atoms with Crippen molar-refractivity contribution in [2.75, 3.05) is 14.2 Å². The first-order valence-corrected chi connectivity index (χ1v) is 10.1. The number of nitrogens with one attached hydrogen (secondary N) is 1. The predicted molar refractivity (Wildman–Crippen MR) is 118 cm³/mol. The quantitative estimate of drug-likeness (QED) is 0.535. The minimum atomic E-state index is -0.711. The number of esters is 3. The molecule has 1 aliphatic rings. The number of carbonyl (C=O) groups excluding carboxylic acids is 3. The molecular weight excluding hydrogens is 434 g/mol. The smallest absolute Gasteiger partial charge is 0.343 e. The zero-order valence-corrected chi connectivity index (χ0v) is 18.8. The van der Waals surface area contributed by atoms with E-state index in [9.17, 15) is 14.4 Å². The van der Waals surface area contributed by atoms with Crippen LogP contribution in [0, 0.1) is 0 Å². The second-order valence-corrected chi connectivity index (χ2v) is 7.52. The minimum absolute atomic E-state index is 0.296. The van der Waals surface area contributed by atoms with Crippen LogP contribution in [0.15, 0.2) is 71.1 Å². The molecule has 2 aromatic rings. The van der Waals surface area contributed by atoms with Gasteiger partial charge in [-0.2, -0.15) is 0 Å². The maximum absolute atomic E-state index is 12.5. The number of methoxy groups -OCH3 is 2. The number of carbonyl (C=O) groups is 3. The van der Waals surface area contributed by atoms with E-state index in [-0.39, 0.29) is 0 Å². The summed E-state index contributed by atoms with van der Waals surface area (Å²) in [6.45, 7) is 3.47. The van der Waals surface area contributed by atoms with E-state index in [4.69, 9.17) is 25.8 Å². The van der Waals surface area contributed by atoms with E-state index in [0.717, 1.165) is 0 Å². The summed E-state index contributed by atoms with van der Waals surface area (Å²) in [5, 5.41) is 3.56. The number of hydrogen-bond acceptors (Lipinski definition) is 7. The van der Waals surface area contributed by atoms with Gasteiger partial charge in [0.05, 0.1) is 36.8 Å². The second kappa shape index (κ2) is 9.70. The fourth-order valence-electron chi connectivity index (χ4n) is 3.57. The molecule has 32 heavy (non-hydrogen) atoms. The minimum Gasteiger partial charge on any atom is -0.466 e. The average molecular weight is 456 g/mol. The molecule has 7 nitrogen and oxygen atoms in total. The van der Waals surface area contributed by atoms with Crippen molar-refractivity contribution in [1.29, 1.82) is 0 Å². The summed E-state index contributed by atoms with van der Waals surface area (Å²) in [6, 6.07) is 12.9. The highest BCUT2D eigenvalue weighted by Gasteiger charge is 2.37. The number of halogens is 1. The van der Waals surface area contributed by atoms with Crippen LogP contribution in [0.25, 0.3) is 0 Å². The lowest BCUT2D eigenvalue weighted by atomic mass is 9.80. The molecule has 8 heteroatoms. The Balaban J connectivity index is 1.95. The standard InChI is InChI=1S/C24H22ClNO6/c1-13-19(23(28)30-3)21(20(14(2)26-13)24(29)31-4)15-7-11-18(12-8-15)32-22(27)16-5-9-17(25)10-6-16/h5-12,21,26H,1-4H3. The van der Waals surface area contributed by atoms with Crippen molar-refractivity contribution in [2.45, 2.75) is 19.8 Å². The molecule has 0 radical (unpaired) electrons. The lowest BCUT2D eigenvalue weighted by molar-refractivity contribution is -0.137. The van der Waals surface area contributed by atoms with Crippen LogP contribution in [0.3, 0.4) is 0 Å². The zero-order chi connectivity index (χ0) is 23.4. The molecule has 0 saturated carbocycles. The third-order valence-electron chi connectivity index (χ3n) is 5.07. The van der Waals surface area contributed by atoms with Gasteiger partial charge in [-0.15, -0.1) is 0 Å². The molecule has 0 saturated heterocycles. The van der Waals surface area contributed by atoms with E-state index in [2.05, 4.69) is 5.32 Å². The summed E-state index contributed by atoms with van der Waals surface area (Å²) in [7, 11) is 2.56. The molecule has 1 aliphatic heterocycles. The Kier molecular flexibility index (Phi) is 7.00. The molecular formula is C24H22ClNO6. The fourth-order valence-corrected chi connectivity index (χ4v) is 3.69. The summed E-state index contributed by atoms with van der Waals surface area (Å²) in [5.74, 6) is -2.06. The average Bonchev–Trinajstić information content (AvgIpc) is 2.78. The highest BCUT2D eigenvalue weighted by Crippen LogP contribution is 2.39. The molecule has 0 atom stereocenters. The number of rotatable bonds is 5. The Labute approximate surface area is 190 Å². The zero-order valence-electron chi connectivity index (χ0n) is 18.0. The van der Waals surface area contributed by atoms with E-state index >= 15 is 0 Å². The molecule has 166 valence electrons. The van der Waals surface area contributed by atoms with E-state index in [1.54, 1.807) is 62.4 Å². The number of benzene rings is 2. The van der Waals surface area contributed by atoms with Crippen molar-refractivity contribution in [3.05, 3.63) is 87.2 Å². The van der Waals surface area contributed by atoms with Gasteiger partial charge in [0.2, 0.25) is 0 Å². The number of ether oxygens (including phenoxy) is 3. The van der Waals surface area contributed by atoms with Crippen molar-refractivity contribution in [2.24, 2.45) is 0 Å². The Hall–Kier alpha value is -3.58. The van der Waals surface area contributed by atoms with Crippen LogP contribution < -0.4 is 10.1 Å². The van der Waals surface area contributed by atoms with Gasteiger partial charge in [-0.1, -0.05) is 23.7 Å². The van der Waals surface area contributed by atoms with Crippen LogP contribution >= 0.6 is 11.6 Å². The van der Waals surface area contributed by atoms with Crippen molar-refractivity contribution < 1.29 is 28.6 Å². The normalized spacial score (nSPS) is 14.0. The van der Waals surface area contributed by atoms with Gasteiger partial charge in [-0.3, -0.25) is 0 Å². The summed E-state index contributed by atoms with van der Waals surface area (Å²) >= 11 is 5.85. The molecule has 1 heterocycles. The molecule has 0 unspecified atom stereocenters. The van der Waals surface area contributed by atoms with Crippen molar-refractivity contribution >= 4 is 29.5 Å². The largest absolute Gasteiger partial charge is 0.466 e. The lowest BCUT2D eigenvalue weighted by Gasteiger charge is -2.30. The lowest BCUT2D eigenvalue weighted by Crippen LogP contribution is -2.32. The van der Waals surface area contributed by atoms with Gasteiger partial charge >= 0.3 is 17.9 Å². The third kappa shape index (κ3) is 4.68. The molecule has 0 aliphatic carbocycles. The Morgan fingerprint density at radius 2 is 1.28 bits per heavy atom. The van der Waals surface area contributed by atoms with Gasteiger partial charge < -0.3 is 19.5 Å². The summed E-state index contributed by atoms with van der Waals surface area (Å²) < 4.78 is 15.3. The first-order valence-electron chi connectivity index (χ1n) is 9.69. The molecule has 0 aromatic heterocycles. The monoisotopic (exact) mass is 455 g/mol. The maximum atomic E-state index is 12.5. The highest BCUT2D eigenvalue weighted by atomic mass is 35.5. The summed E-state index contributed by atoms with van der Waals surface area (Å²) in [4.78, 5) is 37.4. The van der Waals surface area contributed by atoms with Crippen LogP contribution in [0.2, 0.25) is 5.02 Å². The van der Waals surface area contributed by atoms with Crippen molar-refractivity contribution in [3.8, 4) is 5.75 Å². The number of dihydropyridines is 1. The van der Waals surface area contributed by atoms with E-state index in [0.29, 0.717) is 44.4 Å². The van der Waals surface area contributed by atoms with Gasteiger partial charge in [0.25, 0.3) is 0 Å². The summed E-state index contributed by atoms with van der Waals surface area (Å²) in [5.41, 5.74) is 2.73. The third-order valence-corrected chi connectivity index (χ3v) is 5.33. The van der Waals surface area contributed by atoms with Gasteiger partial charge in [0.1, 0.15) is 5.75 Å². The Morgan fingerprint density at radius 3 is 1.75 bits per heavy atom. The SMILES string of the molecule is COC(=O)C1=C(C)NC(C)=C(C(=O)OC)C1c1ccc(OC(=O)c2ccc(Cl)cc2)cc1. The molecule has 0 fully saturated rings. The second-order valence-electron chi connectivity index (χ2n) is 7.08. The van der Waals surface area contributed by atoms with Gasteiger partial charge in [0, 0.05) is 16.4 Å². The molecule has 0 spiro atoms. The van der Waals surface area contributed by atoms with Crippen molar-refractivity contribution in [3.63, 3.8) is 0 Å². The van der Waals surface area contributed by atoms with Gasteiger partial charge in [-0.05, 0) is 55.8 Å². The van der Waals surface area contributed by atoms with Crippen LogP contribution in [0.5, 0.6) is 5.75 Å². The predicted octanol–water partition coefficient (Wildman–Crippen LogP) is 4.14. The summed E-state index contributed by atoms with van der Waals surface area (Å²) in [6.07, 6.45) is 0. The number of hydrogen-bond donors (Lipinski definition) is 1. The van der Waals surface area contributed by atoms with Gasteiger partial charge in [0.15, 0.2) is 0 Å². The molecule has 0 amide bonds. The van der Waals surface area contributed by atoms with Crippen LogP contribution in [0.1, 0.15) is 35.7 Å². The van der Waals surface area contributed by atoms with Crippen LogP contribution in [0.4, 0.5) is 0 Å². The van der Waals surface area contributed by atoms with E-state index < -0.39 is 23.8 Å². The Morgan fingerprint density at radius 1 is 0.781 bits per heavy atom. The van der Waals surface area contributed by atoms with Crippen molar-refractivity contribution in [1.82, 2.24) is 5.32 Å². The van der Waals surface area contributed by atoms with E-state index in [1.807, 2.05) is 0 Å². The maximum Gasteiger partial charge on any atom is 0.343 e. The fraction of sp³-hybridized carbons (Fsp3) is 0.208. The molecule has 3 rings (SSSR count). The van der Waals surface area contributed by atoms with Crippen LogP contribution in [-0.2, 0) is 19.1 Å². The topological polar surface area (TPSA) is 90.9 Å². The highest BCUT2D eigenvalue weighted by molar-refractivity contribution is 6.30. The molecule has 0 bridgehead atoms. The van der Waals surface area contributed by atoms with Crippen LogP contribution in [-0.4, -0.2) is 32.1 Å².